The van der Waals surface area contributed by atoms with Crippen molar-refractivity contribution in [3.05, 3.63) is 41.3 Å². The quantitative estimate of drug-likeness (QED) is 0.481. The molecule has 144 valence electrons. The maximum atomic E-state index is 10.6. The van der Waals surface area contributed by atoms with Crippen molar-refractivity contribution >= 4 is 43.9 Å². The SMILES string of the molecule is NCCCNc1nc(N2CCS(O)(O)c3ccccc3C2)nc2ccsc12. The van der Waals surface area contributed by atoms with E-state index in [1.807, 2.05) is 34.5 Å². The van der Waals surface area contributed by atoms with E-state index in [1.165, 1.54) is 0 Å². The molecule has 4 rings (SSSR count). The second-order valence-electron chi connectivity index (χ2n) is 6.48. The van der Waals surface area contributed by atoms with E-state index in [4.69, 9.17) is 15.7 Å². The molecule has 1 aliphatic rings. The maximum absolute atomic E-state index is 10.6. The summed E-state index contributed by atoms with van der Waals surface area (Å²) in [6.07, 6.45) is 0.865. The Kier molecular flexibility index (Phi) is 5.20. The van der Waals surface area contributed by atoms with Gasteiger partial charge in [-0.3, -0.25) is 9.11 Å². The van der Waals surface area contributed by atoms with E-state index in [9.17, 15) is 9.11 Å². The second-order valence-corrected chi connectivity index (χ2v) is 9.57. The lowest BCUT2D eigenvalue weighted by Crippen LogP contribution is -2.27. The monoisotopic (exact) mass is 405 g/mol. The summed E-state index contributed by atoms with van der Waals surface area (Å²) in [5.41, 5.74) is 7.39. The number of nitrogens with zero attached hydrogens (tertiary/aromatic N) is 3. The van der Waals surface area contributed by atoms with Crippen molar-refractivity contribution in [3.8, 4) is 0 Å². The van der Waals surface area contributed by atoms with Gasteiger partial charge in [0.2, 0.25) is 5.95 Å². The van der Waals surface area contributed by atoms with Crippen LogP contribution in [0, 0.1) is 0 Å². The highest BCUT2D eigenvalue weighted by Crippen LogP contribution is 2.51. The summed E-state index contributed by atoms with van der Waals surface area (Å²) in [6.45, 7) is 2.40. The molecule has 9 heteroatoms. The highest BCUT2D eigenvalue weighted by Gasteiger charge is 2.27. The van der Waals surface area contributed by atoms with E-state index in [-0.39, 0.29) is 5.75 Å². The second kappa shape index (κ2) is 7.61. The zero-order valence-corrected chi connectivity index (χ0v) is 16.5. The molecule has 0 aliphatic carbocycles. The van der Waals surface area contributed by atoms with Crippen molar-refractivity contribution in [2.45, 2.75) is 17.9 Å². The number of nitrogens with two attached hydrogens (primary N) is 1. The minimum Gasteiger partial charge on any atom is -0.369 e. The van der Waals surface area contributed by atoms with Crippen LogP contribution in [0.4, 0.5) is 11.8 Å². The number of benzene rings is 1. The predicted molar refractivity (Wildman–Crippen MR) is 113 cm³/mol. The third-order valence-electron chi connectivity index (χ3n) is 4.58. The maximum Gasteiger partial charge on any atom is 0.228 e. The van der Waals surface area contributed by atoms with Crippen LogP contribution in [0.1, 0.15) is 12.0 Å². The topological polar surface area (TPSA) is 108 Å². The number of thiophene rings is 1. The lowest BCUT2D eigenvalue weighted by molar-refractivity contribution is 0.488. The van der Waals surface area contributed by atoms with Crippen molar-refractivity contribution in [2.75, 3.05) is 35.6 Å². The Balaban J connectivity index is 1.70. The first-order valence-corrected chi connectivity index (χ1v) is 11.5. The molecule has 1 aliphatic heterocycles. The Morgan fingerprint density at radius 2 is 2.07 bits per heavy atom. The first-order chi connectivity index (χ1) is 13.1. The number of hydrogen-bond donors (Lipinski definition) is 4. The van der Waals surface area contributed by atoms with Crippen molar-refractivity contribution in [1.29, 1.82) is 0 Å². The van der Waals surface area contributed by atoms with Gasteiger partial charge in [0, 0.05) is 19.6 Å². The van der Waals surface area contributed by atoms with Crippen molar-refractivity contribution in [2.24, 2.45) is 5.73 Å². The Morgan fingerprint density at radius 3 is 2.93 bits per heavy atom. The van der Waals surface area contributed by atoms with Crippen LogP contribution in [0.2, 0.25) is 0 Å². The van der Waals surface area contributed by atoms with Gasteiger partial charge >= 0.3 is 0 Å². The molecule has 7 nitrogen and oxygen atoms in total. The van der Waals surface area contributed by atoms with Crippen molar-refractivity contribution in [3.63, 3.8) is 0 Å². The fraction of sp³-hybridized carbons (Fsp3) is 0.333. The van der Waals surface area contributed by atoms with E-state index in [1.54, 1.807) is 17.4 Å². The van der Waals surface area contributed by atoms with E-state index in [0.717, 1.165) is 34.6 Å². The molecule has 0 fully saturated rings. The third-order valence-corrected chi connectivity index (χ3v) is 7.34. The molecule has 3 heterocycles. The van der Waals surface area contributed by atoms with Gasteiger partial charge in [0.15, 0.2) is 0 Å². The van der Waals surface area contributed by atoms with Crippen LogP contribution in [0.25, 0.3) is 10.2 Å². The zero-order chi connectivity index (χ0) is 18.9. The number of aromatic nitrogens is 2. The van der Waals surface area contributed by atoms with Crippen LogP contribution >= 0.6 is 21.9 Å². The molecule has 3 aromatic rings. The van der Waals surface area contributed by atoms with Crippen molar-refractivity contribution < 1.29 is 9.11 Å². The van der Waals surface area contributed by atoms with Gasteiger partial charge in [-0.1, -0.05) is 18.2 Å². The summed E-state index contributed by atoms with van der Waals surface area (Å²) >= 11 is 1.61. The summed E-state index contributed by atoms with van der Waals surface area (Å²) in [4.78, 5) is 12.1. The van der Waals surface area contributed by atoms with Crippen LogP contribution in [-0.2, 0) is 6.54 Å². The van der Waals surface area contributed by atoms with Gasteiger partial charge in [-0.25, -0.2) is 4.98 Å². The molecule has 0 saturated carbocycles. The van der Waals surface area contributed by atoms with Crippen LogP contribution < -0.4 is 16.0 Å². The third kappa shape index (κ3) is 3.74. The lowest BCUT2D eigenvalue weighted by atomic mass is 10.2. The number of anilines is 2. The molecule has 0 unspecified atom stereocenters. The van der Waals surface area contributed by atoms with E-state index < -0.39 is 10.6 Å². The van der Waals surface area contributed by atoms with Gasteiger partial charge in [-0.15, -0.1) is 11.3 Å². The molecule has 0 radical (unpaired) electrons. The number of hydrogen-bond acceptors (Lipinski definition) is 8. The van der Waals surface area contributed by atoms with E-state index in [0.29, 0.717) is 30.5 Å². The minimum absolute atomic E-state index is 0.269. The number of nitrogens with one attached hydrogen (secondary N) is 1. The predicted octanol–water partition coefficient (Wildman–Crippen LogP) is 3.58. The largest absolute Gasteiger partial charge is 0.369 e. The molecular weight excluding hydrogens is 382 g/mol. The standard InChI is InChI=1S/C18H23N5O2S2/c19-7-3-8-20-17-16-14(6-10-26-16)21-18(22-17)23-9-11-27(24,25)15-5-2-1-4-13(15)12-23/h1-2,4-6,10,24-25H,3,7-9,11-12,19H2,(H,20,21,22). The molecule has 0 amide bonds. The molecule has 0 spiro atoms. The van der Waals surface area contributed by atoms with E-state index in [2.05, 4.69) is 5.32 Å². The number of rotatable bonds is 5. The molecule has 0 bridgehead atoms. The highest BCUT2D eigenvalue weighted by molar-refractivity contribution is 8.24. The lowest BCUT2D eigenvalue weighted by Gasteiger charge is -2.32. The fourth-order valence-corrected chi connectivity index (χ4v) is 5.52. The average molecular weight is 406 g/mol. The Labute approximate surface area is 163 Å². The van der Waals surface area contributed by atoms with Crippen LogP contribution in [-0.4, -0.2) is 44.5 Å². The van der Waals surface area contributed by atoms with Crippen LogP contribution in [0.3, 0.4) is 0 Å². The smallest absolute Gasteiger partial charge is 0.228 e. The minimum atomic E-state index is -2.80. The normalized spacial score (nSPS) is 17.4. The van der Waals surface area contributed by atoms with Gasteiger partial charge in [-0.2, -0.15) is 15.6 Å². The Morgan fingerprint density at radius 1 is 1.22 bits per heavy atom. The first kappa shape index (κ1) is 18.5. The van der Waals surface area contributed by atoms with Gasteiger partial charge < -0.3 is 16.0 Å². The van der Waals surface area contributed by atoms with Crippen LogP contribution in [0.5, 0.6) is 0 Å². The molecule has 0 atom stereocenters. The first-order valence-electron chi connectivity index (χ1n) is 8.86. The zero-order valence-electron chi connectivity index (χ0n) is 14.8. The summed E-state index contributed by atoms with van der Waals surface area (Å²) in [5, 5.41) is 5.37. The molecule has 5 N–H and O–H groups in total. The average Bonchev–Trinajstić information content (AvgIpc) is 3.09. The van der Waals surface area contributed by atoms with Gasteiger partial charge in [0.1, 0.15) is 5.82 Å². The van der Waals surface area contributed by atoms with Gasteiger partial charge in [0.25, 0.3) is 0 Å². The number of fused-ring (bicyclic) bond motifs is 2. The fourth-order valence-electron chi connectivity index (χ4n) is 3.18. The van der Waals surface area contributed by atoms with Crippen LogP contribution in [0.15, 0.2) is 40.6 Å². The summed E-state index contributed by atoms with van der Waals surface area (Å²) in [6, 6.07) is 9.48. The molecule has 27 heavy (non-hydrogen) atoms. The summed E-state index contributed by atoms with van der Waals surface area (Å²) in [5.74, 6) is 1.68. The Bertz CT molecular complexity index is 946. The van der Waals surface area contributed by atoms with Crippen molar-refractivity contribution in [1.82, 2.24) is 9.97 Å². The summed E-state index contributed by atoms with van der Waals surface area (Å²) < 4.78 is 22.1. The molecular formula is C18H23N5O2S2. The van der Waals surface area contributed by atoms with Gasteiger partial charge in [-0.05, 0) is 36.0 Å². The molecule has 2 aromatic heterocycles. The van der Waals surface area contributed by atoms with Gasteiger partial charge in [0.05, 0.1) is 20.9 Å². The Hall–Kier alpha value is -1.91. The molecule has 0 saturated heterocycles. The molecule has 1 aromatic carbocycles. The summed E-state index contributed by atoms with van der Waals surface area (Å²) in [7, 11) is -2.80. The highest BCUT2D eigenvalue weighted by atomic mass is 32.3. The van der Waals surface area contributed by atoms with E-state index >= 15 is 0 Å².